The first kappa shape index (κ1) is 19.2. The van der Waals surface area contributed by atoms with E-state index in [-0.39, 0.29) is 19.1 Å². The van der Waals surface area contributed by atoms with E-state index in [9.17, 15) is 9.59 Å². The number of carbonyl (C=O) groups excluding carboxylic acids is 2. The van der Waals surface area contributed by atoms with Crippen molar-refractivity contribution in [3.8, 4) is 16.9 Å². The fourth-order valence-electron chi connectivity index (χ4n) is 2.59. The Hall–Kier alpha value is -3.60. The first-order valence-corrected chi connectivity index (χ1v) is 8.89. The minimum Gasteiger partial charge on any atom is -0.482 e. The second-order valence-corrected chi connectivity index (χ2v) is 6.13. The molecule has 0 atom stereocenters. The molecule has 0 heterocycles. The lowest BCUT2D eigenvalue weighted by Crippen LogP contribution is -2.31. The van der Waals surface area contributed by atoms with Crippen LogP contribution in [0.4, 0.5) is 5.69 Å². The van der Waals surface area contributed by atoms with Gasteiger partial charge in [-0.3, -0.25) is 4.79 Å². The number of para-hydroxylation sites is 1. The van der Waals surface area contributed by atoms with Gasteiger partial charge < -0.3 is 14.4 Å². The summed E-state index contributed by atoms with van der Waals surface area (Å²) in [4.78, 5) is 25.4. The minimum atomic E-state index is -0.595. The highest BCUT2D eigenvalue weighted by Gasteiger charge is 2.14. The number of carbonyl (C=O) groups is 2. The molecule has 0 aliphatic rings. The smallest absolute Gasteiger partial charge is 0.344 e. The second kappa shape index (κ2) is 9.37. The van der Waals surface area contributed by atoms with Gasteiger partial charge in [-0.25, -0.2) is 4.79 Å². The lowest BCUT2D eigenvalue weighted by Gasteiger charge is -2.17. The van der Waals surface area contributed by atoms with Crippen LogP contribution in [0.3, 0.4) is 0 Å². The number of ether oxygens (including phenoxy) is 2. The molecule has 142 valence electrons. The van der Waals surface area contributed by atoms with Crippen LogP contribution in [0.15, 0.2) is 84.9 Å². The average Bonchev–Trinajstić information content (AvgIpc) is 2.77. The molecule has 28 heavy (non-hydrogen) atoms. The van der Waals surface area contributed by atoms with E-state index in [1.54, 1.807) is 19.2 Å². The summed E-state index contributed by atoms with van der Waals surface area (Å²) < 4.78 is 10.4. The van der Waals surface area contributed by atoms with E-state index < -0.39 is 5.97 Å². The molecule has 5 nitrogen and oxygen atoms in total. The van der Waals surface area contributed by atoms with Gasteiger partial charge in [0.05, 0.1) is 0 Å². The van der Waals surface area contributed by atoms with Gasteiger partial charge in [0, 0.05) is 12.7 Å². The fourth-order valence-corrected chi connectivity index (χ4v) is 2.59. The largest absolute Gasteiger partial charge is 0.482 e. The molecule has 5 heteroatoms. The zero-order chi connectivity index (χ0) is 19.8. The SMILES string of the molecule is CN(C(=O)COC(=O)COc1ccc(-c2ccccc2)cc1)c1ccccc1. The van der Waals surface area contributed by atoms with Crippen LogP contribution in [-0.2, 0) is 14.3 Å². The molecule has 0 radical (unpaired) electrons. The van der Waals surface area contributed by atoms with E-state index in [1.165, 1.54) is 4.90 Å². The summed E-state index contributed by atoms with van der Waals surface area (Å²) in [5.74, 6) is -0.349. The Labute approximate surface area is 164 Å². The molecular formula is C23H21NO4. The number of benzene rings is 3. The van der Waals surface area contributed by atoms with Gasteiger partial charge in [-0.2, -0.15) is 0 Å². The molecule has 3 aromatic rings. The molecule has 0 spiro atoms. The number of anilines is 1. The third-order valence-corrected chi connectivity index (χ3v) is 4.19. The number of esters is 1. The van der Waals surface area contributed by atoms with Crippen molar-refractivity contribution in [2.45, 2.75) is 0 Å². The van der Waals surface area contributed by atoms with E-state index in [0.29, 0.717) is 5.75 Å². The van der Waals surface area contributed by atoms with Gasteiger partial charge in [0.25, 0.3) is 5.91 Å². The Morgan fingerprint density at radius 3 is 1.96 bits per heavy atom. The molecule has 1 amide bonds. The molecule has 3 aromatic carbocycles. The van der Waals surface area contributed by atoms with Crippen molar-refractivity contribution >= 4 is 17.6 Å². The summed E-state index contributed by atoms with van der Waals surface area (Å²) in [7, 11) is 1.64. The van der Waals surface area contributed by atoms with Crippen LogP contribution < -0.4 is 9.64 Å². The summed E-state index contributed by atoms with van der Waals surface area (Å²) in [6.07, 6.45) is 0. The van der Waals surface area contributed by atoms with Crippen LogP contribution in [0.1, 0.15) is 0 Å². The first-order valence-electron chi connectivity index (χ1n) is 8.89. The van der Waals surface area contributed by atoms with Crippen LogP contribution in [-0.4, -0.2) is 32.1 Å². The quantitative estimate of drug-likeness (QED) is 0.587. The molecule has 0 aliphatic heterocycles. The number of hydrogen-bond acceptors (Lipinski definition) is 4. The van der Waals surface area contributed by atoms with Crippen molar-refractivity contribution in [2.24, 2.45) is 0 Å². The zero-order valence-corrected chi connectivity index (χ0v) is 15.6. The molecule has 0 aromatic heterocycles. The molecule has 0 fully saturated rings. The number of hydrogen-bond donors (Lipinski definition) is 0. The van der Waals surface area contributed by atoms with Crippen LogP contribution in [0, 0.1) is 0 Å². The maximum absolute atomic E-state index is 12.1. The Kier molecular flexibility index (Phi) is 6.41. The van der Waals surface area contributed by atoms with Crippen LogP contribution in [0.5, 0.6) is 5.75 Å². The summed E-state index contributed by atoms with van der Waals surface area (Å²) in [6.45, 7) is -0.590. The predicted octanol–water partition coefficient (Wildman–Crippen LogP) is 3.94. The topological polar surface area (TPSA) is 55.8 Å². The van der Waals surface area contributed by atoms with Crippen molar-refractivity contribution in [2.75, 3.05) is 25.2 Å². The summed E-state index contributed by atoms with van der Waals surface area (Å²) in [5.41, 5.74) is 2.90. The maximum Gasteiger partial charge on any atom is 0.344 e. The first-order chi connectivity index (χ1) is 13.6. The van der Waals surface area contributed by atoms with Crippen molar-refractivity contribution in [1.82, 2.24) is 0 Å². The van der Waals surface area contributed by atoms with Crippen molar-refractivity contribution in [3.63, 3.8) is 0 Å². The molecule has 0 saturated carbocycles. The van der Waals surface area contributed by atoms with E-state index >= 15 is 0 Å². The van der Waals surface area contributed by atoms with Gasteiger partial charge in [0.15, 0.2) is 13.2 Å². The molecule has 0 saturated heterocycles. The summed E-state index contributed by atoms with van der Waals surface area (Å²) >= 11 is 0. The molecule has 0 bridgehead atoms. The maximum atomic E-state index is 12.1. The fraction of sp³-hybridized carbons (Fsp3) is 0.130. The van der Waals surface area contributed by atoms with Gasteiger partial charge in [0.1, 0.15) is 5.75 Å². The number of nitrogens with zero attached hydrogens (tertiary/aromatic N) is 1. The zero-order valence-electron chi connectivity index (χ0n) is 15.6. The van der Waals surface area contributed by atoms with Crippen molar-refractivity contribution in [3.05, 3.63) is 84.9 Å². The lowest BCUT2D eigenvalue weighted by molar-refractivity contribution is -0.149. The monoisotopic (exact) mass is 375 g/mol. The molecule has 0 unspecified atom stereocenters. The van der Waals surface area contributed by atoms with E-state index in [4.69, 9.17) is 9.47 Å². The minimum absolute atomic E-state index is 0.257. The Morgan fingerprint density at radius 1 is 0.750 bits per heavy atom. The van der Waals surface area contributed by atoms with Crippen LogP contribution in [0.2, 0.25) is 0 Å². The molecule has 3 rings (SSSR count). The normalized spacial score (nSPS) is 10.2. The van der Waals surface area contributed by atoms with Gasteiger partial charge >= 0.3 is 5.97 Å². The lowest BCUT2D eigenvalue weighted by atomic mass is 10.1. The van der Waals surface area contributed by atoms with E-state index in [2.05, 4.69) is 0 Å². The Balaban J connectivity index is 1.45. The van der Waals surface area contributed by atoms with Crippen molar-refractivity contribution < 1.29 is 19.1 Å². The number of rotatable bonds is 7. The van der Waals surface area contributed by atoms with Crippen molar-refractivity contribution in [1.29, 1.82) is 0 Å². The Bertz CT molecular complexity index is 908. The highest BCUT2D eigenvalue weighted by molar-refractivity contribution is 5.94. The standard InChI is InChI=1S/C23H21NO4/c1-24(20-10-6-3-7-11-20)22(25)16-28-23(26)17-27-21-14-12-19(13-15-21)18-8-4-2-5-9-18/h2-15H,16-17H2,1H3. The summed E-state index contributed by atoms with van der Waals surface area (Å²) in [6, 6.07) is 26.6. The molecule has 0 N–H and O–H groups in total. The van der Waals surface area contributed by atoms with Gasteiger partial charge in [-0.05, 0) is 35.4 Å². The van der Waals surface area contributed by atoms with Crippen LogP contribution >= 0.6 is 0 Å². The third-order valence-electron chi connectivity index (χ3n) is 4.19. The molecule has 0 aliphatic carbocycles. The van der Waals surface area contributed by atoms with Crippen LogP contribution in [0.25, 0.3) is 11.1 Å². The number of likely N-dealkylation sites (N-methyl/N-ethyl adjacent to an activating group) is 1. The van der Waals surface area contributed by atoms with Gasteiger partial charge in [0.2, 0.25) is 0 Å². The molecular weight excluding hydrogens is 354 g/mol. The van der Waals surface area contributed by atoms with Gasteiger partial charge in [-0.1, -0.05) is 60.7 Å². The second-order valence-electron chi connectivity index (χ2n) is 6.13. The number of amides is 1. The average molecular weight is 375 g/mol. The Morgan fingerprint density at radius 2 is 1.32 bits per heavy atom. The predicted molar refractivity (Wildman–Crippen MR) is 108 cm³/mol. The third kappa shape index (κ3) is 5.20. The van der Waals surface area contributed by atoms with E-state index in [0.717, 1.165) is 16.8 Å². The van der Waals surface area contributed by atoms with E-state index in [1.807, 2.05) is 72.8 Å². The van der Waals surface area contributed by atoms with Gasteiger partial charge in [-0.15, -0.1) is 0 Å². The highest BCUT2D eigenvalue weighted by Crippen LogP contribution is 2.22. The highest BCUT2D eigenvalue weighted by atomic mass is 16.6. The summed E-state index contributed by atoms with van der Waals surface area (Å²) in [5, 5.41) is 0.